The van der Waals surface area contributed by atoms with E-state index in [0.29, 0.717) is 29.3 Å². The second-order valence-electron chi connectivity index (χ2n) is 6.22. The van der Waals surface area contributed by atoms with E-state index < -0.39 is 17.7 Å². The Kier molecular flexibility index (Phi) is 6.34. The number of likely N-dealkylation sites (tertiary alicyclic amines) is 1. The molecule has 1 unspecified atom stereocenters. The molecule has 8 heteroatoms. The lowest BCUT2D eigenvalue weighted by Gasteiger charge is -2.24. The van der Waals surface area contributed by atoms with Gasteiger partial charge >= 0.3 is 0 Å². The van der Waals surface area contributed by atoms with Crippen molar-refractivity contribution in [2.45, 2.75) is 12.5 Å². The fourth-order valence-corrected chi connectivity index (χ4v) is 3.43. The molecule has 0 bridgehead atoms. The summed E-state index contributed by atoms with van der Waals surface area (Å²) in [5.41, 5.74) is 0.755. The molecule has 0 saturated carbocycles. The highest BCUT2D eigenvalue weighted by atomic mass is 35.5. The summed E-state index contributed by atoms with van der Waals surface area (Å²) in [6.07, 6.45) is 2.11. The number of ketones is 1. The van der Waals surface area contributed by atoms with E-state index in [4.69, 9.17) is 27.9 Å². The zero-order chi connectivity index (χ0) is 20.3. The molecule has 3 rings (SSSR count). The zero-order valence-corrected chi connectivity index (χ0v) is 16.6. The Balaban J connectivity index is 2.12. The summed E-state index contributed by atoms with van der Waals surface area (Å²) >= 11 is 12.0. The summed E-state index contributed by atoms with van der Waals surface area (Å²) in [4.78, 5) is 31.1. The molecule has 2 heterocycles. The number of carbonyl (C=O) groups excluding carboxylic acids is 2. The first kappa shape index (κ1) is 20.3. The Hall–Kier alpha value is -2.41. The SMILES string of the molecule is COCCCN1C(=O)C(=O)/C(=C(\O)c2ccc(Cl)c(Cl)c2)C1c1ccccn1. The van der Waals surface area contributed by atoms with E-state index in [9.17, 15) is 14.7 Å². The van der Waals surface area contributed by atoms with Crippen molar-refractivity contribution in [3.8, 4) is 0 Å². The first-order chi connectivity index (χ1) is 13.5. The third-order valence-corrected chi connectivity index (χ3v) is 5.19. The number of amides is 1. The van der Waals surface area contributed by atoms with E-state index >= 15 is 0 Å². The minimum absolute atomic E-state index is 0.0282. The Bertz CT molecular complexity index is 931. The number of aliphatic hydroxyl groups excluding tert-OH is 1. The zero-order valence-electron chi connectivity index (χ0n) is 15.1. The van der Waals surface area contributed by atoms with E-state index in [1.807, 2.05) is 0 Å². The van der Waals surface area contributed by atoms with Gasteiger partial charge in [-0.15, -0.1) is 0 Å². The molecule has 1 saturated heterocycles. The van der Waals surface area contributed by atoms with Crippen molar-refractivity contribution < 1.29 is 19.4 Å². The van der Waals surface area contributed by atoms with Crippen molar-refractivity contribution in [1.82, 2.24) is 9.88 Å². The molecular formula is C20H18Cl2N2O4. The van der Waals surface area contributed by atoms with Crippen molar-refractivity contribution in [3.05, 3.63) is 69.5 Å². The number of aromatic nitrogens is 1. The minimum Gasteiger partial charge on any atom is -0.507 e. The summed E-state index contributed by atoms with van der Waals surface area (Å²) in [5, 5.41) is 11.4. The molecule has 0 radical (unpaired) electrons. The average Bonchev–Trinajstić information content (AvgIpc) is 2.95. The number of hydrogen-bond donors (Lipinski definition) is 1. The van der Waals surface area contributed by atoms with E-state index in [0.717, 1.165) is 0 Å². The van der Waals surface area contributed by atoms with Gasteiger partial charge in [-0.1, -0.05) is 29.3 Å². The number of ether oxygens (including phenoxy) is 1. The molecule has 1 aliphatic heterocycles. The van der Waals surface area contributed by atoms with Crippen LogP contribution in [-0.2, 0) is 14.3 Å². The summed E-state index contributed by atoms with van der Waals surface area (Å²) in [6.45, 7) is 0.725. The van der Waals surface area contributed by atoms with Crippen LogP contribution >= 0.6 is 23.2 Å². The smallest absolute Gasteiger partial charge is 0.295 e. The topological polar surface area (TPSA) is 79.7 Å². The fraction of sp³-hybridized carbons (Fsp3) is 0.250. The van der Waals surface area contributed by atoms with Gasteiger partial charge in [-0.2, -0.15) is 0 Å². The average molecular weight is 421 g/mol. The largest absolute Gasteiger partial charge is 0.507 e. The van der Waals surface area contributed by atoms with Crippen LogP contribution in [0.25, 0.3) is 5.76 Å². The lowest BCUT2D eigenvalue weighted by Crippen LogP contribution is -2.31. The number of methoxy groups -OCH3 is 1. The molecule has 28 heavy (non-hydrogen) atoms. The van der Waals surface area contributed by atoms with Crippen molar-refractivity contribution in [1.29, 1.82) is 0 Å². The molecule has 6 nitrogen and oxygen atoms in total. The lowest BCUT2D eigenvalue weighted by molar-refractivity contribution is -0.140. The predicted molar refractivity (Wildman–Crippen MR) is 106 cm³/mol. The molecule has 1 aliphatic rings. The number of pyridine rings is 1. The normalized spacial score (nSPS) is 18.7. The number of Topliss-reactive ketones (excluding diaryl/α,β-unsaturated/α-hetero) is 1. The summed E-state index contributed by atoms with van der Waals surface area (Å²) in [6, 6.07) is 8.92. The fourth-order valence-electron chi connectivity index (χ4n) is 3.13. The molecule has 146 valence electrons. The van der Waals surface area contributed by atoms with Crippen LogP contribution in [-0.4, -0.2) is 46.9 Å². The van der Waals surface area contributed by atoms with Gasteiger partial charge in [-0.05, 0) is 36.8 Å². The number of nitrogens with zero attached hydrogens (tertiary/aromatic N) is 2. The molecule has 0 spiro atoms. The standard InChI is InChI=1S/C20H18Cl2N2O4/c1-28-10-4-9-24-17(15-5-2-3-8-23-15)16(19(26)20(24)27)18(25)12-6-7-13(21)14(22)11-12/h2-3,5-8,11,17,25H,4,9-10H2,1H3/b18-16-. The minimum atomic E-state index is -0.799. The van der Waals surface area contributed by atoms with Gasteiger partial charge in [-0.3, -0.25) is 14.6 Å². The van der Waals surface area contributed by atoms with E-state index in [1.165, 1.54) is 23.1 Å². The Morgan fingerprint density at radius 2 is 2.00 bits per heavy atom. The summed E-state index contributed by atoms with van der Waals surface area (Å²) in [7, 11) is 1.56. The second-order valence-corrected chi connectivity index (χ2v) is 7.04. The van der Waals surface area contributed by atoms with Crippen molar-refractivity contribution >= 4 is 40.7 Å². The van der Waals surface area contributed by atoms with Crippen molar-refractivity contribution in [2.24, 2.45) is 0 Å². The van der Waals surface area contributed by atoms with Gasteiger partial charge < -0.3 is 14.7 Å². The van der Waals surface area contributed by atoms with Crippen LogP contribution in [0.4, 0.5) is 0 Å². The highest BCUT2D eigenvalue weighted by Crippen LogP contribution is 2.39. The number of aliphatic hydroxyl groups is 1. The summed E-state index contributed by atoms with van der Waals surface area (Å²) < 4.78 is 5.05. The van der Waals surface area contributed by atoms with Crippen LogP contribution in [0.2, 0.25) is 10.0 Å². The van der Waals surface area contributed by atoms with Gasteiger partial charge in [0.15, 0.2) is 0 Å². The number of carbonyl (C=O) groups is 2. The van der Waals surface area contributed by atoms with Crippen LogP contribution in [0, 0.1) is 0 Å². The van der Waals surface area contributed by atoms with Crippen LogP contribution < -0.4 is 0 Å². The number of halogens is 2. The molecule has 0 aliphatic carbocycles. The monoisotopic (exact) mass is 420 g/mol. The van der Waals surface area contributed by atoms with E-state index in [1.54, 1.807) is 31.5 Å². The second kappa shape index (κ2) is 8.73. The van der Waals surface area contributed by atoms with Crippen molar-refractivity contribution in [3.63, 3.8) is 0 Å². The Morgan fingerprint density at radius 1 is 1.21 bits per heavy atom. The maximum Gasteiger partial charge on any atom is 0.295 e. The van der Waals surface area contributed by atoms with Gasteiger partial charge in [0.1, 0.15) is 11.8 Å². The molecular weight excluding hydrogens is 403 g/mol. The van der Waals surface area contributed by atoms with Crippen LogP contribution in [0.15, 0.2) is 48.2 Å². The third-order valence-electron chi connectivity index (χ3n) is 4.45. The number of hydrogen-bond acceptors (Lipinski definition) is 5. The Morgan fingerprint density at radius 3 is 2.64 bits per heavy atom. The maximum atomic E-state index is 12.8. The molecule has 1 amide bonds. The number of rotatable bonds is 6. The predicted octanol–water partition coefficient (Wildman–Crippen LogP) is 3.85. The number of benzene rings is 1. The molecule has 1 aromatic heterocycles. The first-order valence-corrected chi connectivity index (χ1v) is 9.35. The van der Waals surface area contributed by atoms with Crippen molar-refractivity contribution in [2.75, 3.05) is 20.3 Å². The quantitative estimate of drug-likeness (QED) is 0.332. The van der Waals surface area contributed by atoms with Gasteiger partial charge in [-0.25, -0.2) is 0 Å². The molecule has 1 aromatic carbocycles. The maximum absolute atomic E-state index is 12.8. The van der Waals surface area contributed by atoms with E-state index in [2.05, 4.69) is 4.98 Å². The summed E-state index contributed by atoms with van der Waals surface area (Å²) in [5.74, 6) is -1.77. The van der Waals surface area contributed by atoms with Gasteiger partial charge in [0.05, 0.1) is 21.3 Å². The third kappa shape index (κ3) is 3.90. The molecule has 1 atom stereocenters. The molecule has 2 aromatic rings. The van der Waals surface area contributed by atoms with Gasteiger partial charge in [0.2, 0.25) is 0 Å². The van der Waals surface area contributed by atoms with Gasteiger partial charge in [0.25, 0.3) is 11.7 Å². The van der Waals surface area contributed by atoms with Crippen LogP contribution in [0.3, 0.4) is 0 Å². The highest BCUT2D eigenvalue weighted by Gasteiger charge is 2.46. The lowest BCUT2D eigenvalue weighted by atomic mass is 9.98. The first-order valence-electron chi connectivity index (χ1n) is 8.59. The molecule has 1 fully saturated rings. The Labute approximate surface area is 172 Å². The van der Waals surface area contributed by atoms with Crippen LogP contribution in [0.1, 0.15) is 23.7 Å². The van der Waals surface area contributed by atoms with Crippen LogP contribution in [0.5, 0.6) is 0 Å². The van der Waals surface area contributed by atoms with E-state index in [-0.39, 0.29) is 22.9 Å². The highest BCUT2D eigenvalue weighted by molar-refractivity contribution is 6.46. The molecule has 1 N–H and O–H groups in total. The van der Waals surface area contributed by atoms with Gasteiger partial charge in [0, 0.05) is 32.0 Å².